The molecule has 0 spiro atoms. The van der Waals surface area contributed by atoms with Crippen LogP contribution in [0.3, 0.4) is 0 Å². The van der Waals surface area contributed by atoms with Crippen molar-refractivity contribution in [1.29, 1.82) is 0 Å². The van der Waals surface area contributed by atoms with Gasteiger partial charge in [0.2, 0.25) is 21.8 Å². The van der Waals surface area contributed by atoms with Crippen molar-refractivity contribution in [1.82, 2.24) is 4.72 Å². The summed E-state index contributed by atoms with van der Waals surface area (Å²) in [7, 11) is -3.83. The zero-order valence-corrected chi connectivity index (χ0v) is 18.4. The lowest BCUT2D eigenvalue weighted by Gasteiger charge is -2.41. The van der Waals surface area contributed by atoms with Gasteiger partial charge in [-0.2, -0.15) is 0 Å². The smallest absolute Gasteiger partial charge is 0.241 e. The molecule has 1 unspecified atom stereocenters. The van der Waals surface area contributed by atoms with Crippen LogP contribution in [0.2, 0.25) is 0 Å². The topological polar surface area (TPSA) is 92.8 Å². The Morgan fingerprint density at radius 3 is 2.23 bits per heavy atom. The molecule has 31 heavy (non-hydrogen) atoms. The fraction of sp³-hybridized carbons (Fsp3) is 0.391. The third-order valence-electron chi connectivity index (χ3n) is 6.24. The molecule has 2 aromatic carbocycles. The van der Waals surface area contributed by atoms with E-state index in [4.69, 9.17) is 4.74 Å². The predicted molar refractivity (Wildman–Crippen MR) is 116 cm³/mol. The fourth-order valence-corrected chi connectivity index (χ4v) is 5.52. The molecule has 164 valence electrons. The van der Waals surface area contributed by atoms with Crippen LogP contribution in [0.4, 0.5) is 5.69 Å². The van der Waals surface area contributed by atoms with Gasteiger partial charge < -0.3 is 4.74 Å². The first kappa shape index (κ1) is 21.5. The van der Waals surface area contributed by atoms with Gasteiger partial charge in [-0.25, -0.2) is 13.1 Å². The second kappa shape index (κ2) is 8.09. The number of para-hydroxylation sites is 1. The van der Waals surface area contributed by atoms with Gasteiger partial charge in [-0.05, 0) is 43.2 Å². The zero-order valence-electron chi connectivity index (χ0n) is 17.6. The first-order valence-corrected chi connectivity index (χ1v) is 12.0. The molecule has 2 aliphatic rings. The van der Waals surface area contributed by atoms with Gasteiger partial charge in [0.1, 0.15) is 11.4 Å². The average molecular weight is 443 g/mol. The maximum absolute atomic E-state index is 13.2. The third kappa shape index (κ3) is 3.97. The molecule has 2 aliphatic heterocycles. The Morgan fingerprint density at radius 1 is 1.00 bits per heavy atom. The van der Waals surface area contributed by atoms with Crippen molar-refractivity contribution >= 4 is 27.5 Å². The number of nitrogens with zero attached hydrogens (tertiary/aromatic N) is 1. The molecule has 0 aliphatic carbocycles. The summed E-state index contributed by atoms with van der Waals surface area (Å²) in [5.74, 6) is 0.160. The Hall–Kier alpha value is -2.71. The molecule has 8 heteroatoms. The number of carbonyl (C=O) groups excluding carboxylic acids is 2. The molecule has 1 saturated heterocycles. The van der Waals surface area contributed by atoms with E-state index < -0.39 is 21.7 Å². The van der Waals surface area contributed by atoms with E-state index in [0.29, 0.717) is 17.9 Å². The molecule has 0 radical (unpaired) electrons. The van der Waals surface area contributed by atoms with Crippen LogP contribution in [0.5, 0.6) is 5.75 Å². The van der Waals surface area contributed by atoms with Crippen LogP contribution in [-0.2, 0) is 19.6 Å². The lowest BCUT2D eigenvalue weighted by atomic mass is 9.84. The van der Waals surface area contributed by atoms with E-state index in [1.165, 1.54) is 24.3 Å². The van der Waals surface area contributed by atoms with Crippen LogP contribution in [0.25, 0.3) is 0 Å². The number of fused-ring (bicyclic) bond motifs is 1. The van der Waals surface area contributed by atoms with Crippen molar-refractivity contribution in [2.45, 2.75) is 62.5 Å². The number of rotatable bonds is 6. The summed E-state index contributed by atoms with van der Waals surface area (Å²) in [6.45, 7) is 4.09. The number of ether oxygens (including phenoxy) is 1. The Labute approximate surface area is 182 Å². The van der Waals surface area contributed by atoms with Crippen LogP contribution in [0.1, 0.15) is 57.6 Å². The number of hydrogen-bond donors (Lipinski definition) is 1. The summed E-state index contributed by atoms with van der Waals surface area (Å²) in [4.78, 5) is 25.0. The van der Waals surface area contributed by atoms with E-state index in [-0.39, 0.29) is 29.6 Å². The number of sulfonamides is 1. The van der Waals surface area contributed by atoms with Crippen molar-refractivity contribution in [3.05, 3.63) is 54.1 Å². The standard InChI is InChI=1S/C23H26N2O5S/c1-3-23(4-2)15-19(18-7-5-6-8-20(18)30-23)24-31(28,29)17-11-9-16(10-12-17)25-21(26)13-14-22(25)27/h5-12,19,24H,3-4,13-15H2,1-2H3. The van der Waals surface area contributed by atoms with E-state index >= 15 is 0 Å². The lowest BCUT2D eigenvalue weighted by Crippen LogP contribution is -2.44. The summed E-state index contributed by atoms with van der Waals surface area (Å²) < 4.78 is 35.4. The van der Waals surface area contributed by atoms with Gasteiger partial charge in [0, 0.05) is 24.8 Å². The normalized spacial score (nSPS) is 20.5. The molecule has 1 atom stereocenters. The van der Waals surface area contributed by atoms with Crippen molar-refractivity contribution < 1.29 is 22.7 Å². The van der Waals surface area contributed by atoms with E-state index in [2.05, 4.69) is 4.72 Å². The number of nitrogens with one attached hydrogen (secondary N) is 1. The highest BCUT2D eigenvalue weighted by molar-refractivity contribution is 7.89. The number of imide groups is 1. The number of carbonyl (C=O) groups is 2. The van der Waals surface area contributed by atoms with Crippen LogP contribution in [0.15, 0.2) is 53.4 Å². The van der Waals surface area contributed by atoms with Crippen molar-refractivity contribution in [3.63, 3.8) is 0 Å². The SMILES string of the molecule is CCC1(CC)CC(NS(=O)(=O)c2ccc(N3C(=O)CCC3=O)cc2)c2ccccc2O1. The van der Waals surface area contributed by atoms with Crippen LogP contribution in [-0.4, -0.2) is 25.8 Å². The highest BCUT2D eigenvalue weighted by Gasteiger charge is 2.40. The second-order valence-corrected chi connectivity index (χ2v) is 9.74. The average Bonchev–Trinajstić information content (AvgIpc) is 3.11. The van der Waals surface area contributed by atoms with Crippen molar-refractivity contribution in [2.75, 3.05) is 4.90 Å². The largest absolute Gasteiger partial charge is 0.487 e. The molecule has 0 saturated carbocycles. The highest BCUT2D eigenvalue weighted by Crippen LogP contribution is 2.43. The third-order valence-corrected chi connectivity index (χ3v) is 7.73. The Balaban J connectivity index is 1.61. The summed E-state index contributed by atoms with van der Waals surface area (Å²) in [6, 6.07) is 12.9. The molecule has 1 fully saturated rings. The summed E-state index contributed by atoms with van der Waals surface area (Å²) in [6.07, 6.45) is 2.43. The molecule has 0 bridgehead atoms. The summed E-state index contributed by atoms with van der Waals surface area (Å²) in [5, 5.41) is 0. The number of benzene rings is 2. The summed E-state index contributed by atoms with van der Waals surface area (Å²) >= 11 is 0. The molecule has 1 N–H and O–H groups in total. The Morgan fingerprint density at radius 2 is 1.61 bits per heavy atom. The predicted octanol–water partition coefficient (Wildman–Crippen LogP) is 3.70. The molecule has 4 rings (SSSR count). The van der Waals surface area contributed by atoms with Gasteiger partial charge in [0.25, 0.3) is 0 Å². The Kier molecular flexibility index (Phi) is 5.61. The van der Waals surface area contributed by atoms with Gasteiger partial charge in [-0.3, -0.25) is 14.5 Å². The van der Waals surface area contributed by atoms with E-state index in [1.807, 2.05) is 38.1 Å². The quantitative estimate of drug-likeness (QED) is 0.689. The van der Waals surface area contributed by atoms with E-state index in [1.54, 1.807) is 0 Å². The number of anilines is 1. The molecule has 0 aromatic heterocycles. The van der Waals surface area contributed by atoms with E-state index in [9.17, 15) is 18.0 Å². The first-order chi connectivity index (χ1) is 14.8. The van der Waals surface area contributed by atoms with Gasteiger partial charge in [-0.15, -0.1) is 0 Å². The first-order valence-electron chi connectivity index (χ1n) is 10.5. The van der Waals surface area contributed by atoms with Gasteiger partial charge in [0.05, 0.1) is 16.6 Å². The van der Waals surface area contributed by atoms with Crippen molar-refractivity contribution in [2.24, 2.45) is 0 Å². The Bertz CT molecular complexity index is 1090. The lowest BCUT2D eigenvalue weighted by molar-refractivity contribution is -0.121. The minimum atomic E-state index is -3.83. The number of amides is 2. The maximum atomic E-state index is 13.2. The fourth-order valence-electron chi connectivity index (χ4n) is 4.30. The second-order valence-electron chi connectivity index (χ2n) is 8.02. The van der Waals surface area contributed by atoms with Crippen molar-refractivity contribution in [3.8, 4) is 5.75 Å². The molecule has 2 aromatic rings. The van der Waals surface area contributed by atoms with Crippen LogP contribution < -0.4 is 14.4 Å². The molecular weight excluding hydrogens is 416 g/mol. The molecular formula is C23H26N2O5S. The highest BCUT2D eigenvalue weighted by atomic mass is 32.2. The molecule has 2 amide bonds. The number of hydrogen-bond acceptors (Lipinski definition) is 5. The van der Waals surface area contributed by atoms with Crippen LogP contribution >= 0.6 is 0 Å². The molecule has 7 nitrogen and oxygen atoms in total. The summed E-state index contributed by atoms with van der Waals surface area (Å²) in [5.41, 5.74) is 0.773. The van der Waals surface area contributed by atoms with Crippen LogP contribution in [0, 0.1) is 0 Å². The minimum Gasteiger partial charge on any atom is -0.487 e. The van der Waals surface area contributed by atoms with Gasteiger partial charge in [0.15, 0.2) is 0 Å². The monoisotopic (exact) mass is 442 g/mol. The van der Waals surface area contributed by atoms with Gasteiger partial charge in [-0.1, -0.05) is 32.0 Å². The molecule has 2 heterocycles. The minimum absolute atomic E-state index is 0.0814. The van der Waals surface area contributed by atoms with E-state index in [0.717, 1.165) is 23.3 Å². The van der Waals surface area contributed by atoms with Gasteiger partial charge >= 0.3 is 0 Å². The maximum Gasteiger partial charge on any atom is 0.241 e. The zero-order chi connectivity index (χ0) is 22.2.